The molecule has 1 aliphatic heterocycles. The summed E-state index contributed by atoms with van der Waals surface area (Å²) in [6.45, 7) is 6.12. The molecule has 1 aromatic heterocycles. The Bertz CT molecular complexity index is 662. The lowest BCUT2D eigenvalue weighted by Crippen LogP contribution is -2.50. The van der Waals surface area contributed by atoms with Crippen molar-refractivity contribution in [2.45, 2.75) is 64.0 Å². The first-order valence-electron chi connectivity index (χ1n) is 8.39. The van der Waals surface area contributed by atoms with Gasteiger partial charge in [-0.3, -0.25) is 9.48 Å². The maximum Gasteiger partial charge on any atom is 0.436 e. The molecule has 0 radical (unpaired) electrons. The van der Waals surface area contributed by atoms with E-state index < -0.39 is 17.9 Å². The maximum absolute atomic E-state index is 13.2. The van der Waals surface area contributed by atoms with Crippen LogP contribution in [0.1, 0.15) is 57.0 Å². The molecule has 1 amide bonds. The second-order valence-corrected chi connectivity index (χ2v) is 7.32. The van der Waals surface area contributed by atoms with Gasteiger partial charge in [-0.15, -0.1) is 0 Å². The lowest BCUT2D eigenvalue weighted by molar-refractivity contribution is -0.147. The molecule has 2 fully saturated rings. The van der Waals surface area contributed by atoms with Crippen molar-refractivity contribution in [3.05, 3.63) is 16.4 Å². The summed E-state index contributed by atoms with van der Waals surface area (Å²) in [5, 5.41) is 3.30. The van der Waals surface area contributed by atoms with Crippen LogP contribution in [-0.4, -0.2) is 45.9 Å². The topological polar surface area (TPSA) is 47.4 Å². The van der Waals surface area contributed by atoms with E-state index in [-0.39, 0.29) is 29.1 Å². The van der Waals surface area contributed by atoms with Gasteiger partial charge < -0.3 is 9.64 Å². The van der Waals surface area contributed by atoms with Crippen LogP contribution in [-0.2, 0) is 15.7 Å². The summed E-state index contributed by atoms with van der Waals surface area (Å²) < 4.78 is 46.3. The van der Waals surface area contributed by atoms with E-state index in [0.29, 0.717) is 18.8 Å². The van der Waals surface area contributed by atoms with E-state index in [1.807, 2.05) is 13.8 Å². The number of carbonyl (C=O) groups is 1. The van der Waals surface area contributed by atoms with Crippen LogP contribution in [0.4, 0.5) is 13.2 Å². The molecule has 1 aliphatic carbocycles. The summed E-state index contributed by atoms with van der Waals surface area (Å²) in [7, 11) is 0. The molecule has 25 heavy (non-hydrogen) atoms. The summed E-state index contributed by atoms with van der Waals surface area (Å²) in [5.41, 5.74) is -0.788. The largest absolute Gasteiger partial charge is 0.436 e. The molecule has 1 aromatic rings. The third-order valence-electron chi connectivity index (χ3n) is 4.58. The summed E-state index contributed by atoms with van der Waals surface area (Å²) in [4.78, 5) is 14.5. The van der Waals surface area contributed by atoms with Gasteiger partial charge in [0.15, 0.2) is 5.69 Å². The molecule has 3 rings (SSSR count). The van der Waals surface area contributed by atoms with Crippen LogP contribution in [0.25, 0.3) is 0 Å². The maximum atomic E-state index is 13.2. The van der Waals surface area contributed by atoms with Gasteiger partial charge in [0.2, 0.25) is 5.91 Å². The Morgan fingerprint density at radius 3 is 2.32 bits per heavy atom. The van der Waals surface area contributed by atoms with Crippen LogP contribution in [0, 0.1) is 0 Å². The van der Waals surface area contributed by atoms with Gasteiger partial charge in [0.1, 0.15) is 6.04 Å². The number of hydrogen-bond acceptors (Lipinski definition) is 3. The first kappa shape index (κ1) is 18.5. The molecular weight excluding hydrogens is 359 g/mol. The number of rotatable bonds is 3. The highest BCUT2D eigenvalue weighted by Gasteiger charge is 2.43. The predicted molar refractivity (Wildman–Crippen MR) is 85.5 cm³/mol. The fraction of sp³-hybridized carbons (Fsp3) is 0.750. The minimum atomic E-state index is -4.64. The van der Waals surface area contributed by atoms with E-state index in [2.05, 4.69) is 5.10 Å². The second-order valence-electron chi connectivity index (χ2n) is 6.94. The zero-order valence-electron chi connectivity index (χ0n) is 14.3. The van der Waals surface area contributed by atoms with Crippen molar-refractivity contribution < 1.29 is 22.7 Å². The number of aromatic nitrogens is 2. The average Bonchev–Trinajstić information content (AvgIpc) is 3.26. The van der Waals surface area contributed by atoms with Crippen molar-refractivity contribution >= 4 is 17.5 Å². The molecule has 1 saturated carbocycles. The molecule has 0 spiro atoms. The van der Waals surface area contributed by atoms with E-state index in [9.17, 15) is 18.0 Å². The van der Waals surface area contributed by atoms with E-state index in [1.54, 1.807) is 11.8 Å². The molecule has 3 unspecified atom stereocenters. The van der Waals surface area contributed by atoms with Crippen molar-refractivity contribution in [3.63, 3.8) is 0 Å². The van der Waals surface area contributed by atoms with Gasteiger partial charge >= 0.3 is 6.18 Å². The van der Waals surface area contributed by atoms with Gasteiger partial charge in [-0.2, -0.15) is 18.3 Å². The van der Waals surface area contributed by atoms with Gasteiger partial charge in [-0.1, -0.05) is 11.6 Å². The third-order valence-corrected chi connectivity index (χ3v) is 4.95. The number of morpholine rings is 1. The van der Waals surface area contributed by atoms with Crippen LogP contribution in [0.3, 0.4) is 0 Å². The van der Waals surface area contributed by atoms with Crippen molar-refractivity contribution in [1.82, 2.24) is 14.7 Å². The van der Waals surface area contributed by atoms with E-state index >= 15 is 0 Å². The molecule has 0 bridgehead atoms. The minimum Gasteiger partial charge on any atom is -0.372 e. The first-order valence-corrected chi connectivity index (χ1v) is 8.76. The summed E-state index contributed by atoms with van der Waals surface area (Å²) in [5.74, 6) is -0.328. The molecule has 0 N–H and O–H groups in total. The zero-order valence-corrected chi connectivity index (χ0v) is 15.1. The molecular formula is C16H21ClF3N3O2. The lowest BCUT2D eigenvalue weighted by atomic mass is 10.2. The Balaban J connectivity index is 1.91. The molecule has 5 nitrogen and oxygen atoms in total. The third kappa shape index (κ3) is 3.65. The fourth-order valence-electron chi connectivity index (χ4n) is 3.35. The highest BCUT2D eigenvalue weighted by molar-refractivity contribution is 6.32. The van der Waals surface area contributed by atoms with E-state index in [4.69, 9.17) is 16.3 Å². The molecule has 140 valence electrons. The molecule has 2 heterocycles. The van der Waals surface area contributed by atoms with Gasteiger partial charge in [0.05, 0.1) is 22.9 Å². The number of nitrogens with zero attached hydrogens (tertiary/aromatic N) is 3. The van der Waals surface area contributed by atoms with E-state index in [1.165, 1.54) is 4.68 Å². The van der Waals surface area contributed by atoms with E-state index in [0.717, 1.165) is 12.8 Å². The number of ether oxygens (including phenoxy) is 1. The predicted octanol–water partition coefficient (Wildman–Crippen LogP) is 3.63. The number of hydrogen-bond donors (Lipinski definition) is 0. The quantitative estimate of drug-likeness (QED) is 0.805. The van der Waals surface area contributed by atoms with Crippen LogP contribution in [0.2, 0.25) is 5.02 Å². The zero-order chi connectivity index (χ0) is 18.5. The van der Waals surface area contributed by atoms with Gasteiger partial charge in [0, 0.05) is 19.0 Å². The van der Waals surface area contributed by atoms with Crippen LogP contribution < -0.4 is 0 Å². The molecule has 0 aromatic carbocycles. The van der Waals surface area contributed by atoms with Crippen molar-refractivity contribution in [2.75, 3.05) is 13.1 Å². The fourth-order valence-corrected chi connectivity index (χ4v) is 3.74. The van der Waals surface area contributed by atoms with Crippen molar-refractivity contribution in [3.8, 4) is 0 Å². The van der Waals surface area contributed by atoms with Crippen LogP contribution >= 0.6 is 11.6 Å². The van der Waals surface area contributed by atoms with Gasteiger partial charge in [-0.05, 0) is 33.6 Å². The Labute approximate surface area is 149 Å². The lowest BCUT2D eigenvalue weighted by Gasteiger charge is -2.36. The highest BCUT2D eigenvalue weighted by atomic mass is 35.5. The second kappa shape index (κ2) is 6.46. The van der Waals surface area contributed by atoms with Gasteiger partial charge in [-0.25, -0.2) is 0 Å². The summed E-state index contributed by atoms with van der Waals surface area (Å²) in [6, 6.07) is -0.846. The minimum absolute atomic E-state index is 0.0612. The number of carbonyl (C=O) groups excluding carboxylic acids is 1. The molecule has 2 aliphatic rings. The summed E-state index contributed by atoms with van der Waals surface area (Å²) >= 11 is 5.98. The Morgan fingerprint density at radius 1 is 1.28 bits per heavy atom. The Morgan fingerprint density at radius 2 is 1.84 bits per heavy atom. The SMILES string of the molecule is CC1CN(C(=O)C(C)n2nc(C(F)(F)F)c(Cl)c2C2CC2)CC(C)O1. The first-order chi connectivity index (χ1) is 11.6. The number of halogens is 4. The van der Waals surface area contributed by atoms with Gasteiger partial charge in [0.25, 0.3) is 0 Å². The average molecular weight is 380 g/mol. The normalized spacial score (nSPS) is 26.0. The van der Waals surface area contributed by atoms with Crippen molar-refractivity contribution in [1.29, 1.82) is 0 Å². The Hall–Kier alpha value is -1.28. The monoisotopic (exact) mass is 379 g/mol. The van der Waals surface area contributed by atoms with Crippen molar-refractivity contribution in [2.24, 2.45) is 0 Å². The van der Waals surface area contributed by atoms with Crippen LogP contribution in [0.5, 0.6) is 0 Å². The smallest absolute Gasteiger partial charge is 0.372 e. The standard InChI is InChI=1S/C16H21ClF3N3O2/c1-8-6-22(7-9(2)25-8)15(24)10(3)23-13(11-4-5-11)12(17)14(21-23)16(18,19)20/h8-11H,4-7H2,1-3H3. The molecule has 1 saturated heterocycles. The highest BCUT2D eigenvalue weighted by Crippen LogP contribution is 2.47. The number of amides is 1. The van der Waals surface area contributed by atoms with Crippen LogP contribution in [0.15, 0.2) is 0 Å². The molecule has 9 heteroatoms. The molecule has 3 atom stereocenters. The Kier molecular flexibility index (Phi) is 4.79. The summed E-state index contributed by atoms with van der Waals surface area (Å²) in [6.07, 6.45) is -3.36. The number of alkyl halides is 3.